The molecule has 2 aromatic rings. The molecule has 0 aliphatic rings. The molecule has 0 aromatic heterocycles. The number of hydrogen-bond acceptors (Lipinski definition) is 4. The van der Waals surface area contributed by atoms with Crippen molar-refractivity contribution in [3.05, 3.63) is 71.8 Å². The molecular formula is C19H20NO4-. The Bertz CT molecular complexity index is 658. The van der Waals surface area contributed by atoms with Crippen molar-refractivity contribution >= 4 is 11.9 Å². The molecule has 0 radical (unpaired) electrons. The summed E-state index contributed by atoms with van der Waals surface area (Å²) in [5.74, 6) is -1.95. The molecule has 0 unspecified atom stereocenters. The first-order valence-electron chi connectivity index (χ1n) is 7.80. The lowest BCUT2D eigenvalue weighted by Crippen LogP contribution is -2.31. The normalized spacial score (nSPS) is 13.0. The van der Waals surface area contributed by atoms with Gasteiger partial charge in [-0.15, -0.1) is 0 Å². The number of benzene rings is 2. The van der Waals surface area contributed by atoms with Gasteiger partial charge in [0, 0.05) is 18.9 Å². The number of aliphatic hydroxyl groups excluding tert-OH is 1. The summed E-state index contributed by atoms with van der Waals surface area (Å²) in [6, 6.07) is 18.0. The van der Waals surface area contributed by atoms with E-state index in [0.717, 1.165) is 5.56 Å². The molecule has 2 N–H and O–H groups in total. The van der Waals surface area contributed by atoms with Crippen LogP contribution in [0.25, 0.3) is 0 Å². The second kappa shape index (κ2) is 8.84. The highest BCUT2D eigenvalue weighted by atomic mass is 16.4. The van der Waals surface area contributed by atoms with Gasteiger partial charge in [-0.05, 0) is 23.5 Å². The van der Waals surface area contributed by atoms with Crippen LogP contribution < -0.4 is 10.4 Å². The van der Waals surface area contributed by atoms with Crippen LogP contribution in [0.2, 0.25) is 0 Å². The summed E-state index contributed by atoms with van der Waals surface area (Å²) in [6.07, 6.45) is -0.996. The molecule has 0 fully saturated rings. The van der Waals surface area contributed by atoms with Gasteiger partial charge in [-0.3, -0.25) is 4.79 Å². The monoisotopic (exact) mass is 326 g/mol. The average Bonchev–Trinajstić information content (AvgIpc) is 2.60. The van der Waals surface area contributed by atoms with Gasteiger partial charge in [0.05, 0.1) is 6.10 Å². The predicted molar refractivity (Wildman–Crippen MR) is 87.8 cm³/mol. The molecule has 0 saturated carbocycles. The van der Waals surface area contributed by atoms with E-state index < -0.39 is 18.0 Å². The standard InChI is InChI=1S/C19H21NO4/c21-17(15-9-5-2-6-10-15)13-20-18(22)11-16(12-19(23)24)14-7-3-1-4-8-14/h1-10,16-17,21H,11-13H2,(H,20,22)(H,23,24)/p-1/t16-,17-/m0/s1. The first-order valence-corrected chi connectivity index (χ1v) is 7.80. The van der Waals surface area contributed by atoms with Gasteiger partial charge in [0.25, 0.3) is 0 Å². The van der Waals surface area contributed by atoms with Crippen LogP contribution in [0.3, 0.4) is 0 Å². The Morgan fingerprint density at radius 1 is 0.917 bits per heavy atom. The van der Waals surface area contributed by atoms with Crippen molar-refractivity contribution < 1.29 is 19.8 Å². The first-order chi connectivity index (χ1) is 11.6. The summed E-state index contributed by atoms with van der Waals surface area (Å²) in [5.41, 5.74) is 1.49. The van der Waals surface area contributed by atoms with Crippen molar-refractivity contribution in [2.45, 2.75) is 24.9 Å². The molecular weight excluding hydrogens is 306 g/mol. The van der Waals surface area contributed by atoms with Crippen LogP contribution in [0.4, 0.5) is 0 Å². The number of carbonyl (C=O) groups is 2. The van der Waals surface area contributed by atoms with Crippen LogP contribution in [0.15, 0.2) is 60.7 Å². The zero-order valence-corrected chi connectivity index (χ0v) is 13.2. The van der Waals surface area contributed by atoms with E-state index in [4.69, 9.17) is 0 Å². The fourth-order valence-electron chi connectivity index (χ4n) is 2.53. The van der Waals surface area contributed by atoms with Crippen molar-refractivity contribution in [2.75, 3.05) is 6.54 Å². The summed E-state index contributed by atoms with van der Waals surface area (Å²) >= 11 is 0. The quantitative estimate of drug-likeness (QED) is 0.761. The number of nitrogens with one attached hydrogen (secondary N) is 1. The number of carboxylic acid groups (broad SMARTS) is 1. The van der Waals surface area contributed by atoms with Crippen molar-refractivity contribution in [3.8, 4) is 0 Å². The zero-order chi connectivity index (χ0) is 17.4. The third-order valence-electron chi connectivity index (χ3n) is 3.79. The summed E-state index contributed by atoms with van der Waals surface area (Å²) in [5, 5.41) is 23.6. The van der Waals surface area contributed by atoms with Gasteiger partial charge in [0.2, 0.25) is 5.91 Å². The fraction of sp³-hybridized carbons (Fsp3) is 0.263. The Morgan fingerprint density at radius 2 is 1.46 bits per heavy atom. The van der Waals surface area contributed by atoms with E-state index in [2.05, 4.69) is 5.32 Å². The van der Waals surface area contributed by atoms with E-state index in [0.29, 0.717) is 5.56 Å². The Kier molecular flexibility index (Phi) is 6.51. The highest BCUT2D eigenvalue weighted by Crippen LogP contribution is 2.23. The second-order valence-electron chi connectivity index (χ2n) is 5.62. The van der Waals surface area contributed by atoms with Gasteiger partial charge in [0.15, 0.2) is 0 Å². The molecule has 0 bridgehead atoms. The van der Waals surface area contributed by atoms with E-state index in [1.165, 1.54) is 0 Å². The van der Waals surface area contributed by atoms with Crippen LogP contribution in [0, 0.1) is 0 Å². The topological polar surface area (TPSA) is 89.5 Å². The maximum absolute atomic E-state index is 12.1. The van der Waals surface area contributed by atoms with Crippen LogP contribution in [0.5, 0.6) is 0 Å². The van der Waals surface area contributed by atoms with Crippen molar-refractivity contribution in [1.29, 1.82) is 0 Å². The van der Waals surface area contributed by atoms with Gasteiger partial charge in [-0.25, -0.2) is 0 Å². The molecule has 126 valence electrons. The van der Waals surface area contributed by atoms with Gasteiger partial charge in [0.1, 0.15) is 0 Å². The Hall–Kier alpha value is -2.66. The van der Waals surface area contributed by atoms with Crippen LogP contribution in [0.1, 0.15) is 36.0 Å². The van der Waals surface area contributed by atoms with E-state index in [1.54, 1.807) is 36.4 Å². The van der Waals surface area contributed by atoms with Gasteiger partial charge in [-0.1, -0.05) is 60.7 Å². The smallest absolute Gasteiger partial charge is 0.220 e. The minimum atomic E-state index is -1.19. The van der Waals surface area contributed by atoms with Gasteiger partial charge >= 0.3 is 0 Å². The molecule has 0 spiro atoms. The highest BCUT2D eigenvalue weighted by molar-refractivity contribution is 5.78. The molecule has 5 heteroatoms. The molecule has 0 aliphatic heterocycles. The number of aliphatic hydroxyl groups is 1. The number of hydrogen-bond donors (Lipinski definition) is 2. The van der Waals surface area contributed by atoms with Crippen LogP contribution in [-0.4, -0.2) is 23.5 Å². The van der Waals surface area contributed by atoms with Crippen LogP contribution >= 0.6 is 0 Å². The van der Waals surface area contributed by atoms with Crippen molar-refractivity contribution in [3.63, 3.8) is 0 Å². The largest absolute Gasteiger partial charge is 0.550 e. The molecule has 2 aromatic carbocycles. The zero-order valence-electron chi connectivity index (χ0n) is 13.2. The van der Waals surface area contributed by atoms with Gasteiger partial charge in [-0.2, -0.15) is 0 Å². The molecule has 1 amide bonds. The summed E-state index contributed by atoms with van der Waals surface area (Å²) in [4.78, 5) is 23.0. The molecule has 24 heavy (non-hydrogen) atoms. The molecule has 0 saturated heterocycles. The van der Waals surface area contributed by atoms with E-state index in [9.17, 15) is 19.8 Å². The Morgan fingerprint density at radius 3 is 2.00 bits per heavy atom. The van der Waals surface area contributed by atoms with E-state index in [1.807, 2.05) is 24.3 Å². The Balaban J connectivity index is 1.92. The molecule has 0 aliphatic carbocycles. The van der Waals surface area contributed by atoms with Crippen molar-refractivity contribution in [1.82, 2.24) is 5.32 Å². The maximum Gasteiger partial charge on any atom is 0.220 e. The average molecular weight is 326 g/mol. The molecule has 0 heterocycles. The number of amides is 1. The third kappa shape index (κ3) is 5.52. The van der Waals surface area contributed by atoms with Crippen LogP contribution in [-0.2, 0) is 9.59 Å². The van der Waals surface area contributed by atoms with E-state index in [-0.39, 0.29) is 25.3 Å². The highest BCUT2D eigenvalue weighted by Gasteiger charge is 2.17. The second-order valence-corrected chi connectivity index (χ2v) is 5.62. The minimum Gasteiger partial charge on any atom is -0.550 e. The van der Waals surface area contributed by atoms with Gasteiger partial charge < -0.3 is 20.3 Å². The third-order valence-corrected chi connectivity index (χ3v) is 3.79. The number of carbonyl (C=O) groups excluding carboxylic acids is 2. The maximum atomic E-state index is 12.1. The number of carboxylic acids is 1. The molecule has 5 nitrogen and oxygen atoms in total. The fourth-order valence-corrected chi connectivity index (χ4v) is 2.53. The summed E-state index contributed by atoms with van der Waals surface area (Å²) in [6.45, 7) is 0.0790. The lowest BCUT2D eigenvalue weighted by atomic mass is 9.92. The summed E-state index contributed by atoms with van der Waals surface area (Å²) in [7, 11) is 0. The Labute approximate surface area is 141 Å². The lowest BCUT2D eigenvalue weighted by molar-refractivity contribution is -0.306. The molecule has 2 atom stereocenters. The van der Waals surface area contributed by atoms with Crippen molar-refractivity contribution in [2.24, 2.45) is 0 Å². The SMILES string of the molecule is O=C([O-])C[C@H](CC(=O)NC[C@H](O)c1ccccc1)c1ccccc1. The lowest BCUT2D eigenvalue weighted by Gasteiger charge is -2.18. The summed E-state index contributed by atoms with van der Waals surface area (Å²) < 4.78 is 0. The number of aliphatic carboxylic acids is 1. The minimum absolute atomic E-state index is 0.0273. The molecule has 2 rings (SSSR count). The van der Waals surface area contributed by atoms with E-state index >= 15 is 0 Å². The number of rotatable bonds is 8. The first kappa shape index (κ1) is 17.7. The predicted octanol–water partition coefficient (Wildman–Crippen LogP) is 1.15.